The number of halogens is 2. The van der Waals surface area contributed by atoms with Gasteiger partial charge in [-0.05, 0) is 53.7 Å². The molecule has 4 nitrogen and oxygen atoms in total. The molecule has 1 rings (SSSR count). The first kappa shape index (κ1) is 21.9. The maximum atomic E-state index is 11.4. The predicted octanol–water partition coefficient (Wildman–Crippen LogP) is 5.78. The van der Waals surface area contributed by atoms with Crippen LogP contribution < -0.4 is 4.74 Å². The van der Waals surface area contributed by atoms with E-state index in [-0.39, 0.29) is 28.7 Å². The third-order valence-electron chi connectivity index (χ3n) is 4.37. The minimum Gasteiger partial charge on any atom is -0.481 e. The van der Waals surface area contributed by atoms with Gasteiger partial charge in [0, 0.05) is 6.42 Å². The van der Waals surface area contributed by atoms with Crippen molar-refractivity contribution in [2.24, 2.45) is 0 Å². The maximum Gasteiger partial charge on any atom is 0.192 e. The molecule has 0 radical (unpaired) electrons. The molecule has 0 aliphatic heterocycles. The van der Waals surface area contributed by atoms with E-state index in [4.69, 9.17) is 20.8 Å². The molecule has 1 atom stereocenters. The lowest BCUT2D eigenvalue weighted by Gasteiger charge is -2.38. The van der Waals surface area contributed by atoms with Crippen LogP contribution in [-0.4, -0.2) is 25.7 Å². The Kier molecular flexibility index (Phi) is 7.71. The predicted molar refractivity (Wildman–Crippen MR) is 109 cm³/mol. The molecule has 7 heteroatoms. The lowest BCUT2D eigenvalue weighted by molar-refractivity contribution is -0.120. The Morgan fingerprint density at radius 3 is 2.46 bits per heavy atom. The highest BCUT2D eigenvalue weighted by atomic mass is 127. The molecule has 136 valence electrons. The van der Waals surface area contributed by atoms with Crippen LogP contribution >= 0.6 is 34.2 Å². The van der Waals surface area contributed by atoms with Gasteiger partial charge in [0.15, 0.2) is 25.0 Å². The molecular weight excluding hydrogens is 457 g/mol. The van der Waals surface area contributed by atoms with Crippen LogP contribution in [0, 0.1) is 3.57 Å². The molecule has 0 saturated heterocycles. The van der Waals surface area contributed by atoms with Gasteiger partial charge in [0.25, 0.3) is 0 Å². The number of hydrogen-bond donors (Lipinski definition) is 0. The highest BCUT2D eigenvalue weighted by Crippen LogP contribution is 2.40. The fraction of sp³-hybridized carbons (Fsp3) is 0.647. The summed E-state index contributed by atoms with van der Waals surface area (Å²) in [6.45, 7) is 14.9. The second kappa shape index (κ2) is 8.47. The van der Waals surface area contributed by atoms with E-state index in [1.54, 1.807) is 6.92 Å². The van der Waals surface area contributed by atoms with Crippen LogP contribution in [0.15, 0.2) is 6.07 Å². The Hall–Kier alpha value is -0.183. The van der Waals surface area contributed by atoms with E-state index in [2.05, 4.69) is 61.4 Å². The van der Waals surface area contributed by atoms with Gasteiger partial charge in [-0.15, -0.1) is 0 Å². The van der Waals surface area contributed by atoms with Crippen LogP contribution in [0.2, 0.25) is 23.3 Å². The van der Waals surface area contributed by atoms with Crippen LogP contribution in [0.1, 0.15) is 52.8 Å². The smallest absolute Gasteiger partial charge is 0.192 e. The average molecular weight is 484 g/mol. The summed E-state index contributed by atoms with van der Waals surface area (Å²) in [4.78, 5) is 15.9. The van der Waals surface area contributed by atoms with Crippen molar-refractivity contribution in [3.8, 4) is 5.75 Å². The van der Waals surface area contributed by atoms with E-state index >= 15 is 0 Å². The molecule has 0 aliphatic carbocycles. The van der Waals surface area contributed by atoms with Gasteiger partial charge in [0.2, 0.25) is 0 Å². The van der Waals surface area contributed by atoms with Crippen LogP contribution in [0.5, 0.6) is 5.75 Å². The monoisotopic (exact) mass is 483 g/mol. The van der Waals surface area contributed by atoms with Gasteiger partial charge in [-0.3, -0.25) is 4.79 Å². The number of Topliss-reactive ketones (excluding diaryl/α,β-unsaturated/α-hetero) is 1. The second-order valence-electron chi connectivity index (χ2n) is 7.35. The first-order valence-corrected chi connectivity index (χ1v) is 12.4. The molecule has 24 heavy (non-hydrogen) atoms. The summed E-state index contributed by atoms with van der Waals surface area (Å²) in [5.41, 5.74) is 0.781. The largest absolute Gasteiger partial charge is 0.481 e. The summed E-state index contributed by atoms with van der Waals surface area (Å²) in [7, 11) is -1.90. The highest BCUT2D eigenvalue weighted by Gasteiger charge is 2.39. The van der Waals surface area contributed by atoms with E-state index in [0.717, 1.165) is 9.26 Å². The van der Waals surface area contributed by atoms with Crippen molar-refractivity contribution in [1.29, 1.82) is 0 Å². The fourth-order valence-corrected chi connectivity index (χ4v) is 4.26. The Bertz CT molecular complexity index is 579. The van der Waals surface area contributed by atoms with Crippen molar-refractivity contribution in [1.82, 2.24) is 4.98 Å². The minimum atomic E-state index is -1.90. The lowest BCUT2D eigenvalue weighted by atomic mass is 10.2. The van der Waals surface area contributed by atoms with Crippen molar-refractivity contribution < 1.29 is 14.0 Å². The number of carbonyl (C=O) groups is 1. The topological polar surface area (TPSA) is 48.4 Å². The zero-order valence-electron chi connectivity index (χ0n) is 15.5. The van der Waals surface area contributed by atoms with E-state index in [9.17, 15) is 4.79 Å². The van der Waals surface area contributed by atoms with Crippen LogP contribution in [0.3, 0.4) is 0 Å². The molecule has 0 aromatic carbocycles. The quantitative estimate of drug-likeness (QED) is 0.280. The zero-order chi connectivity index (χ0) is 18.7. The summed E-state index contributed by atoms with van der Waals surface area (Å²) in [6, 6.07) is 1.91. The number of ether oxygens (including phenoxy) is 1. The number of aromatic nitrogens is 1. The number of hydrogen-bond acceptors (Lipinski definition) is 4. The molecule has 0 fully saturated rings. The molecule has 0 spiro atoms. The first-order chi connectivity index (χ1) is 10.9. The zero-order valence-corrected chi connectivity index (χ0v) is 19.4. The van der Waals surface area contributed by atoms with Crippen molar-refractivity contribution in [3.63, 3.8) is 0 Å². The number of ketones is 1. The minimum absolute atomic E-state index is 0.0171. The van der Waals surface area contributed by atoms with Crippen molar-refractivity contribution in [3.05, 3.63) is 20.5 Å². The van der Waals surface area contributed by atoms with Gasteiger partial charge in [0.05, 0.1) is 15.4 Å². The SMILES string of the molecule is CCC(=O)COc1c(I)cc(C(C)O[Si](C)(C)C(C)(C)C)nc1Cl. The fourth-order valence-electron chi connectivity index (χ4n) is 1.76. The average Bonchev–Trinajstić information content (AvgIpc) is 2.44. The number of carbonyl (C=O) groups excluding carboxylic acids is 1. The Labute approximate surface area is 164 Å². The number of nitrogens with zero attached hydrogens (tertiary/aromatic N) is 1. The van der Waals surface area contributed by atoms with Gasteiger partial charge in [-0.25, -0.2) is 4.98 Å². The second-order valence-corrected chi connectivity index (χ2v) is 13.6. The molecular formula is C17H27ClINO3Si. The van der Waals surface area contributed by atoms with Crippen LogP contribution in [0.25, 0.3) is 0 Å². The van der Waals surface area contributed by atoms with Gasteiger partial charge in [0.1, 0.15) is 6.61 Å². The third kappa shape index (κ3) is 5.67. The molecule has 0 aliphatic rings. The molecule has 0 amide bonds. The van der Waals surface area contributed by atoms with E-state index < -0.39 is 8.32 Å². The van der Waals surface area contributed by atoms with Gasteiger partial charge >= 0.3 is 0 Å². The Morgan fingerprint density at radius 1 is 1.42 bits per heavy atom. The van der Waals surface area contributed by atoms with E-state index in [1.807, 2.05) is 13.0 Å². The number of pyridine rings is 1. The van der Waals surface area contributed by atoms with Crippen molar-refractivity contribution >= 4 is 48.3 Å². The molecule has 0 N–H and O–H groups in total. The summed E-state index contributed by atoms with van der Waals surface area (Å²) in [5.74, 6) is 0.489. The molecule has 0 bridgehead atoms. The van der Waals surface area contributed by atoms with Crippen LogP contribution in [0.4, 0.5) is 0 Å². The van der Waals surface area contributed by atoms with E-state index in [1.165, 1.54) is 0 Å². The van der Waals surface area contributed by atoms with Gasteiger partial charge in [-0.1, -0.05) is 39.3 Å². The third-order valence-corrected chi connectivity index (χ3v) is 9.98. The molecule has 0 saturated carbocycles. The molecule has 1 aromatic heterocycles. The van der Waals surface area contributed by atoms with Gasteiger partial charge in [-0.2, -0.15) is 0 Å². The summed E-state index contributed by atoms with van der Waals surface area (Å²) in [5, 5.41) is 0.397. The summed E-state index contributed by atoms with van der Waals surface area (Å²) >= 11 is 8.42. The summed E-state index contributed by atoms with van der Waals surface area (Å²) < 4.78 is 12.7. The summed E-state index contributed by atoms with van der Waals surface area (Å²) in [6.07, 6.45) is 0.292. The lowest BCUT2D eigenvalue weighted by Crippen LogP contribution is -2.41. The highest BCUT2D eigenvalue weighted by molar-refractivity contribution is 14.1. The first-order valence-electron chi connectivity index (χ1n) is 8.07. The van der Waals surface area contributed by atoms with Crippen LogP contribution in [-0.2, 0) is 9.22 Å². The number of rotatable bonds is 7. The maximum absolute atomic E-state index is 11.4. The molecule has 1 aromatic rings. The normalized spacial score (nSPS) is 13.7. The molecule has 1 heterocycles. The Balaban J connectivity index is 2.97. The Morgan fingerprint density at radius 2 is 2.00 bits per heavy atom. The van der Waals surface area contributed by atoms with Crippen molar-refractivity contribution in [2.45, 2.75) is 65.3 Å². The van der Waals surface area contributed by atoms with Crippen molar-refractivity contribution in [2.75, 3.05) is 6.61 Å². The van der Waals surface area contributed by atoms with Gasteiger partial charge < -0.3 is 9.16 Å². The van der Waals surface area contributed by atoms with E-state index in [0.29, 0.717) is 12.2 Å². The standard InChI is InChI=1S/C17H27ClINO3Si/c1-8-12(21)10-22-15-13(19)9-14(20-16(15)18)11(2)23-24(6,7)17(3,4)5/h9,11H,8,10H2,1-7H3. The molecule has 1 unspecified atom stereocenters.